The molecule has 0 saturated carbocycles. The van der Waals surface area contributed by atoms with Crippen LogP contribution in [0.15, 0.2) is 47.6 Å². The molecule has 2 heterocycles. The second-order valence-corrected chi connectivity index (χ2v) is 7.42. The summed E-state index contributed by atoms with van der Waals surface area (Å²) in [5.41, 5.74) is 2.34. The summed E-state index contributed by atoms with van der Waals surface area (Å²) in [5, 5.41) is 3.42. The average molecular weight is 524 g/mol. The predicted molar refractivity (Wildman–Crippen MR) is 134 cm³/mol. The van der Waals surface area contributed by atoms with Crippen molar-refractivity contribution in [1.29, 1.82) is 0 Å². The van der Waals surface area contributed by atoms with Crippen LogP contribution in [0.4, 0.5) is 5.82 Å². The highest BCUT2D eigenvalue weighted by Crippen LogP contribution is 2.14. The van der Waals surface area contributed by atoms with Crippen molar-refractivity contribution in [3.05, 3.63) is 53.7 Å². The second kappa shape index (κ2) is 11.9. The summed E-state index contributed by atoms with van der Waals surface area (Å²) in [5.74, 6) is 2.78. The number of halogens is 1. The van der Waals surface area contributed by atoms with Crippen molar-refractivity contribution in [2.45, 2.75) is 13.1 Å². The summed E-state index contributed by atoms with van der Waals surface area (Å²) in [6.45, 7) is 5.69. The number of hydrogen-bond donors (Lipinski definition) is 1. The van der Waals surface area contributed by atoms with Crippen molar-refractivity contribution in [2.75, 3.05) is 59.3 Å². The van der Waals surface area contributed by atoms with Gasteiger partial charge in [0.05, 0.1) is 7.11 Å². The van der Waals surface area contributed by atoms with Gasteiger partial charge in [0.2, 0.25) is 0 Å². The topological polar surface area (TPSA) is 56.2 Å². The van der Waals surface area contributed by atoms with E-state index in [9.17, 15) is 0 Å². The van der Waals surface area contributed by atoms with Gasteiger partial charge >= 0.3 is 0 Å². The number of pyridine rings is 1. The first kappa shape index (κ1) is 24.2. The lowest BCUT2D eigenvalue weighted by atomic mass is 10.2. The molecule has 0 atom stereocenters. The number of piperazine rings is 1. The highest BCUT2D eigenvalue weighted by molar-refractivity contribution is 14.0. The largest absolute Gasteiger partial charge is 0.497 e. The number of nitrogens with one attached hydrogen (secondary N) is 1. The Kier molecular flexibility index (Phi) is 9.64. The summed E-state index contributed by atoms with van der Waals surface area (Å²) in [6.07, 6.45) is 1.96. The van der Waals surface area contributed by atoms with E-state index in [1.165, 1.54) is 5.56 Å². The van der Waals surface area contributed by atoms with Crippen LogP contribution in [0.2, 0.25) is 0 Å². The van der Waals surface area contributed by atoms with E-state index in [1.807, 2.05) is 32.4 Å². The van der Waals surface area contributed by atoms with Gasteiger partial charge in [0.1, 0.15) is 11.6 Å². The third-order valence-corrected chi connectivity index (χ3v) is 5.24. The Morgan fingerprint density at radius 2 is 1.77 bits per heavy atom. The van der Waals surface area contributed by atoms with E-state index in [0.717, 1.165) is 55.8 Å². The maximum absolute atomic E-state index is 5.22. The van der Waals surface area contributed by atoms with Crippen molar-refractivity contribution < 1.29 is 4.74 Å². The number of methoxy groups -OCH3 is 1. The molecular formula is C22H33IN6O. The van der Waals surface area contributed by atoms with Crippen molar-refractivity contribution in [2.24, 2.45) is 4.99 Å². The normalized spacial score (nSPS) is 14.8. The zero-order valence-electron chi connectivity index (χ0n) is 18.3. The maximum Gasteiger partial charge on any atom is 0.193 e. The number of benzene rings is 1. The Morgan fingerprint density at radius 1 is 1.10 bits per heavy atom. The van der Waals surface area contributed by atoms with E-state index in [1.54, 1.807) is 7.11 Å². The molecule has 0 unspecified atom stereocenters. The number of aliphatic imine (C=N–C) groups is 1. The van der Waals surface area contributed by atoms with Crippen molar-refractivity contribution >= 4 is 35.8 Å². The molecule has 0 aliphatic carbocycles. The van der Waals surface area contributed by atoms with E-state index in [0.29, 0.717) is 6.54 Å². The molecule has 1 aromatic heterocycles. The summed E-state index contributed by atoms with van der Waals surface area (Å²) in [7, 11) is 7.69. The van der Waals surface area contributed by atoms with Crippen LogP contribution in [-0.4, -0.2) is 75.2 Å². The van der Waals surface area contributed by atoms with Crippen LogP contribution >= 0.6 is 24.0 Å². The first-order valence-corrected chi connectivity index (χ1v) is 10.0. The van der Waals surface area contributed by atoms with E-state index >= 15 is 0 Å². The molecule has 2 aromatic rings. The Hall–Kier alpha value is -2.07. The summed E-state index contributed by atoms with van der Waals surface area (Å²) in [4.78, 5) is 15.9. The first-order valence-electron chi connectivity index (χ1n) is 10.0. The number of anilines is 1. The molecule has 0 radical (unpaired) electrons. The molecule has 0 spiro atoms. The Bertz CT molecular complexity index is 788. The van der Waals surface area contributed by atoms with Crippen LogP contribution in [0.5, 0.6) is 5.75 Å². The minimum atomic E-state index is 0. The molecule has 0 bridgehead atoms. The number of likely N-dealkylation sites (N-methyl/N-ethyl adjacent to an activating group) is 1. The van der Waals surface area contributed by atoms with Crippen LogP contribution < -0.4 is 15.0 Å². The number of aromatic nitrogens is 1. The van der Waals surface area contributed by atoms with Gasteiger partial charge in [-0.2, -0.15) is 0 Å². The highest BCUT2D eigenvalue weighted by Gasteiger charge is 2.15. The third kappa shape index (κ3) is 6.73. The fourth-order valence-electron chi connectivity index (χ4n) is 3.39. The molecule has 30 heavy (non-hydrogen) atoms. The molecule has 1 aromatic carbocycles. The predicted octanol–water partition coefficient (Wildman–Crippen LogP) is 2.67. The van der Waals surface area contributed by atoms with Gasteiger partial charge in [-0.1, -0.05) is 18.2 Å². The van der Waals surface area contributed by atoms with Gasteiger partial charge in [0.25, 0.3) is 0 Å². The highest BCUT2D eigenvalue weighted by atomic mass is 127. The van der Waals surface area contributed by atoms with E-state index in [-0.39, 0.29) is 24.0 Å². The van der Waals surface area contributed by atoms with E-state index in [4.69, 9.17) is 4.74 Å². The SMILES string of the molecule is CN=C(NCc1ccc(N2CCN(C)CC2)nc1)N(C)Cc1ccc(OC)cc1.I. The van der Waals surface area contributed by atoms with Crippen LogP contribution in [0.3, 0.4) is 0 Å². The zero-order valence-corrected chi connectivity index (χ0v) is 20.7. The molecule has 1 N–H and O–H groups in total. The minimum Gasteiger partial charge on any atom is -0.497 e. The van der Waals surface area contributed by atoms with Gasteiger partial charge in [-0.3, -0.25) is 4.99 Å². The monoisotopic (exact) mass is 524 g/mol. The molecule has 1 fully saturated rings. The van der Waals surface area contributed by atoms with Gasteiger partial charge < -0.3 is 24.8 Å². The summed E-state index contributed by atoms with van der Waals surface area (Å²) in [6, 6.07) is 12.4. The minimum absolute atomic E-state index is 0. The average Bonchev–Trinajstić information content (AvgIpc) is 2.76. The van der Waals surface area contributed by atoms with Crippen molar-refractivity contribution in [3.63, 3.8) is 0 Å². The molecule has 164 valence electrons. The Balaban J connectivity index is 0.00000320. The third-order valence-electron chi connectivity index (χ3n) is 5.24. The fourth-order valence-corrected chi connectivity index (χ4v) is 3.39. The zero-order chi connectivity index (χ0) is 20.6. The quantitative estimate of drug-likeness (QED) is 0.357. The summed E-state index contributed by atoms with van der Waals surface area (Å²) >= 11 is 0. The molecule has 1 aliphatic rings. The second-order valence-electron chi connectivity index (χ2n) is 7.42. The van der Waals surface area contributed by atoms with Gasteiger partial charge in [-0.15, -0.1) is 24.0 Å². The lowest BCUT2D eigenvalue weighted by Gasteiger charge is -2.33. The standard InChI is InChI=1S/C22H32N6O.HI/c1-23-22(27(3)17-18-5-8-20(29-4)9-6-18)25-16-19-7-10-21(24-15-19)28-13-11-26(2)12-14-28;/h5-10,15H,11-14,16-17H2,1-4H3,(H,23,25);1H. The van der Waals surface area contributed by atoms with Crippen LogP contribution in [0.1, 0.15) is 11.1 Å². The van der Waals surface area contributed by atoms with E-state index in [2.05, 4.69) is 61.3 Å². The molecule has 1 saturated heterocycles. The molecular weight excluding hydrogens is 491 g/mol. The van der Waals surface area contributed by atoms with Gasteiger partial charge in [0, 0.05) is 59.6 Å². The lowest BCUT2D eigenvalue weighted by Crippen LogP contribution is -2.44. The molecule has 1 aliphatic heterocycles. The molecule has 0 amide bonds. The first-order chi connectivity index (χ1) is 14.1. The molecule has 8 heteroatoms. The number of guanidine groups is 1. The Morgan fingerprint density at radius 3 is 2.33 bits per heavy atom. The van der Waals surface area contributed by atoms with Crippen LogP contribution in [0, 0.1) is 0 Å². The maximum atomic E-state index is 5.22. The number of hydrogen-bond acceptors (Lipinski definition) is 5. The van der Waals surface area contributed by atoms with Gasteiger partial charge in [-0.05, 0) is 36.4 Å². The van der Waals surface area contributed by atoms with Gasteiger partial charge in [-0.25, -0.2) is 4.98 Å². The van der Waals surface area contributed by atoms with Gasteiger partial charge in [0.15, 0.2) is 5.96 Å². The summed E-state index contributed by atoms with van der Waals surface area (Å²) < 4.78 is 5.22. The van der Waals surface area contributed by atoms with Crippen LogP contribution in [-0.2, 0) is 13.1 Å². The Labute approximate surface area is 197 Å². The smallest absolute Gasteiger partial charge is 0.193 e. The fraction of sp³-hybridized carbons (Fsp3) is 0.455. The lowest BCUT2D eigenvalue weighted by molar-refractivity contribution is 0.312. The molecule has 3 rings (SSSR count). The number of ether oxygens (including phenoxy) is 1. The van der Waals surface area contributed by atoms with Crippen molar-refractivity contribution in [3.8, 4) is 5.75 Å². The van der Waals surface area contributed by atoms with Crippen molar-refractivity contribution in [1.82, 2.24) is 20.1 Å². The van der Waals surface area contributed by atoms with E-state index < -0.39 is 0 Å². The number of rotatable bonds is 6. The van der Waals surface area contributed by atoms with Crippen LogP contribution in [0.25, 0.3) is 0 Å². The number of nitrogens with zero attached hydrogens (tertiary/aromatic N) is 5. The molecule has 7 nitrogen and oxygen atoms in total.